The van der Waals surface area contributed by atoms with Crippen LogP contribution in [0.3, 0.4) is 0 Å². The predicted octanol–water partition coefficient (Wildman–Crippen LogP) is 3.70. The topological polar surface area (TPSA) is 38.2 Å². The number of likely N-dealkylation sites (tertiary alicyclic amines) is 1. The van der Waals surface area contributed by atoms with Gasteiger partial charge in [0.25, 0.3) is 0 Å². The van der Waals surface area contributed by atoms with Crippen molar-refractivity contribution in [3.05, 3.63) is 42.1 Å². The Labute approximate surface area is 132 Å². The van der Waals surface area contributed by atoms with Crippen molar-refractivity contribution in [1.29, 1.82) is 0 Å². The Balaban J connectivity index is 1.77. The third kappa shape index (κ3) is 3.28. The molecular formula is C18H23N3O. The number of hydrogen-bond donors (Lipinski definition) is 0. The van der Waals surface area contributed by atoms with Crippen molar-refractivity contribution in [2.24, 2.45) is 0 Å². The van der Waals surface area contributed by atoms with Crippen molar-refractivity contribution in [1.82, 2.24) is 14.9 Å². The highest BCUT2D eigenvalue weighted by molar-refractivity contribution is 5.55. The number of rotatable bonds is 5. The first-order chi connectivity index (χ1) is 10.8. The fourth-order valence-electron chi connectivity index (χ4n) is 2.96. The standard InChI is InChI=1S/C18H23N3O/c1-3-22-17-10-11-19-18(20-17)16-8-6-15(7-9-16)14(2)21-12-4-5-13-21/h6-11,14H,3-5,12-13H2,1-2H3/t14-/m0/s1. The lowest BCUT2D eigenvalue weighted by molar-refractivity contribution is 0.263. The van der Waals surface area contributed by atoms with Gasteiger partial charge in [-0.1, -0.05) is 24.3 Å². The molecule has 0 unspecified atom stereocenters. The molecule has 0 saturated carbocycles. The van der Waals surface area contributed by atoms with E-state index in [0.717, 1.165) is 5.56 Å². The fraction of sp³-hybridized carbons (Fsp3) is 0.444. The molecule has 0 radical (unpaired) electrons. The van der Waals surface area contributed by atoms with Gasteiger partial charge in [-0.15, -0.1) is 0 Å². The molecule has 0 aliphatic carbocycles. The first-order valence-electron chi connectivity index (χ1n) is 8.08. The highest BCUT2D eigenvalue weighted by Crippen LogP contribution is 2.26. The van der Waals surface area contributed by atoms with Crippen LogP contribution in [0.25, 0.3) is 11.4 Å². The van der Waals surface area contributed by atoms with Crippen molar-refractivity contribution >= 4 is 0 Å². The molecule has 22 heavy (non-hydrogen) atoms. The molecule has 4 heteroatoms. The molecule has 3 rings (SSSR count). The molecule has 1 aromatic carbocycles. The highest BCUT2D eigenvalue weighted by Gasteiger charge is 2.19. The third-order valence-corrected chi connectivity index (χ3v) is 4.26. The maximum absolute atomic E-state index is 5.44. The lowest BCUT2D eigenvalue weighted by Gasteiger charge is -2.24. The molecule has 1 fully saturated rings. The minimum atomic E-state index is 0.479. The van der Waals surface area contributed by atoms with E-state index in [-0.39, 0.29) is 0 Å². The SMILES string of the molecule is CCOc1ccnc(-c2ccc([C@H](C)N3CCCC3)cc2)n1. The van der Waals surface area contributed by atoms with Crippen LogP contribution in [0.5, 0.6) is 5.88 Å². The smallest absolute Gasteiger partial charge is 0.216 e. The zero-order chi connectivity index (χ0) is 15.4. The summed E-state index contributed by atoms with van der Waals surface area (Å²) in [6.07, 6.45) is 4.38. The van der Waals surface area contributed by atoms with E-state index in [1.165, 1.54) is 31.5 Å². The number of benzene rings is 1. The summed E-state index contributed by atoms with van der Waals surface area (Å²) in [5.74, 6) is 1.34. The van der Waals surface area contributed by atoms with Gasteiger partial charge in [-0.3, -0.25) is 4.90 Å². The quantitative estimate of drug-likeness (QED) is 0.843. The predicted molar refractivity (Wildman–Crippen MR) is 87.9 cm³/mol. The molecule has 2 heterocycles. The van der Waals surface area contributed by atoms with Gasteiger partial charge >= 0.3 is 0 Å². The van der Waals surface area contributed by atoms with Crippen LogP contribution in [0.1, 0.15) is 38.3 Å². The van der Waals surface area contributed by atoms with Crippen molar-refractivity contribution in [2.75, 3.05) is 19.7 Å². The second-order valence-electron chi connectivity index (χ2n) is 5.69. The number of aromatic nitrogens is 2. The number of nitrogens with zero attached hydrogens (tertiary/aromatic N) is 3. The lowest BCUT2D eigenvalue weighted by Crippen LogP contribution is -2.23. The molecule has 1 atom stereocenters. The molecule has 1 aliphatic heterocycles. The van der Waals surface area contributed by atoms with Crippen LogP contribution in [0.15, 0.2) is 36.5 Å². The summed E-state index contributed by atoms with van der Waals surface area (Å²) in [7, 11) is 0. The van der Waals surface area contributed by atoms with Gasteiger partial charge in [0.05, 0.1) is 6.61 Å². The lowest BCUT2D eigenvalue weighted by atomic mass is 10.0. The van der Waals surface area contributed by atoms with Crippen molar-refractivity contribution in [3.63, 3.8) is 0 Å². The van der Waals surface area contributed by atoms with Crippen molar-refractivity contribution in [2.45, 2.75) is 32.7 Å². The van der Waals surface area contributed by atoms with Gasteiger partial charge in [-0.05, 0) is 45.3 Å². The molecule has 1 aliphatic rings. The number of ether oxygens (including phenoxy) is 1. The summed E-state index contributed by atoms with van der Waals surface area (Å²) in [6.45, 7) is 7.27. The average Bonchev–Trinajstić information content (AvgIpc) is 3.09. The molecule has 0 amide bonds. The maximum Gasteiger partial charge on any atom is 0.216 e. The number of hydrogen-bond acceptors (Lipinski definition) is 4. The van der Waals surface area contributed by atoms with Crippen LogP contribution in [0.2, 0.25) is 0 Å². The normalized spacial score (nSPS) is 16.6. The molecule has 2 aromatic rings. The van der Waals surface area contributed by atoms with E-state index >= 15 is 0 Å². The van der Waals surface area contributed by atoms with Crippen LogP contribution >= 0.6 is 0 Å². The van der Waals surface area contributed by atoms with E-state index in [4.69, 9.17) is 4.74 Å². The molecule has 0 N–H and O–H groups in total. The van der Waals surface area contributed by atoms with Gasteiger partial charge in [0, 0.05) is 23.9 Å². The minimum absolute atomic E-state index is 0.479. The van der Waals surface area contributed by atoms with Crippen molar-refractivity contribution in [3.8, 4) is 17.3 Å². The molecule has 4 nitrogen and oxygen atoms in total. The Morgan fingerprint density at radius 3 is 2.55 bits per heavy atom. The van der Waals surface area contributed by atoms with E-state index in [2.05, 4.69) is 46.1 Å². The van der Waals surface area contributed by atoms with Crippen LogP contribution in [0.4, 0.5) is 0 Å². The van der Waals surface area contributed by atoms with Gasteiger partial charge in [-0.25, -0.2) is 4.98 Å². The second kappa shape index (κ2) is 6.88. The second-order valence-corrected chi connectivity index (χ2v) is 5.69. The van der Waals surface area contributed by atoms with E-state index in [1.54, 1.807) is 12.3 Å². The molecule has 0 spiro atoms. The minimum Gasteiger partial charge on any atom is -0.478 e. The Hall–Kier alpha value is -1.94. The van der Waals surface area contributed by atoms with Crippen LogP contribution in [0, 0.1) is 0 Å². The van der Waals surface area contributed by atoms with Gasteiger partial charge in [0.1, 0.15) is 0 Å². The molecular weight excluding hydrogens is 274 g/mol. The molecule has 1 aromatic heterocycles. The Morgan fingerprint density at radius 1 is 1.14 bits per heavy atom. The first-order valence-corrected chi connectivity index (χ1v) is 8.08. The fourth-order valence-corrected chi connectivity index (χ4v) is 2.96. The Bertz CT molecular complexity index is 606. The first kappa shape index (κ1) is 15.0. The van der Waals surface area contributed by atoms with Crippen molar-refractivity contribution < 1.29 is 4.74 Å². The zero-order valence-electron chi connectivity index (χ0n) is 13.3. The molecule has 0 bridgehead atoms. The average molecular weight is 297 g/mol. The third-order valence-electron chi connectivity index (χ3n) is 4.26. The summed E-state index contributed by atoms with van der Waals surface area (Å²) >= 11 is 0. The van der Waals surface area contributed by atoms with Crippen LogP contribution < -0.4 is 4.74 Å². The molecule has 116 valence electrons. The summed E-state index contributed by atoms with van der Waals surface area (Å²) in [6, 6.07) is 10.9. The Kier molecular flexibility index (Phi) is 4.68. The van der Waals surface area contributed by atoms with Crippen LogP contribution in [-0.2, 0) is 0 Å². The zero-order valence-corrected chi connectivity index (χ0v) is 13.3. The summed E-state index contributed by atoms with van der Waals surface area (Å²) in [5, 5.41) is 0. The van der Waals surface area contributed by atoms with Gasteiger partial charge in [-0.2, -0.15) is 4.98 Å². The van der Waals surface area contributed by atoms with E-state index in [0.29, 0.717) is 24.4 Å². The van der Waals surface area contributed by atoms with E-state index in [1.807, 2.05) is 6.92 Å². The van der Waals surface area contributed by atoms with E-state index in [9.17, 15) is 0 Å². The molecule has 1 saturated heterocycles. The monoisotopic (exact) mass is 297 g/mol. The van der Waals surface area contributed by atoms with Crippen LogP contribution in [-0.4, -0.2) is 34.6 Å². The summed E-state index contributed by atoms with van der Waals surface area (Å²) < 4.78 is 5.44. The Morgan fingerprint density at radius 2 is 1.86 bits per heavy atom. The largest absolute Gasteiger partial charge is 0.478 e. The highest BCUT2D eigenvalue weighted by atomic mass is 16.5. The van der Waals surface area contributed by atoms with E-state index < -0.39 is 0 Å². The summed E-state index contributed by atoms with van der Waals surface area (Å²) in [4.78, 5) is 11.3. The maximum atomic E-state index is 5.44. The van der Waals surface area contributed by atoms with Gasteiger partial charge in [0.15, 0.2) is 5.82 Å². The van der Waals surface area contributed by atoms with Gasteiger partial charge in [0.2, 0.25) is 5.88 Å². The van der Waals surface area contributed by atoms with Gasteiger partial charge < -0.3 is 4.74 Å². The summed E-state index contributed by atoms with van der Waals surface area (Å²) in [5.41, 5.74) is 2.38.